The number of rotatable bonds is 2. The number of aryl methyl sites for hydroxylation is 2. The maximum Gasteiger partial charge on any atom is 0.216 e. The zero-order valence-corrected chi connectivity index (χ0v) is 20.3. The maximum atomic E-state index is 6.85. The predicted molar refractivity (Wildman–Crippen MR) is 137 cm³/mol. The van der Waals surface area contributed by atoms with Crippen LogP contribution in [-0.2, 0) is 12.5 Å². The summed E-state index contributed by atoms with van der Waals surface area (Å²) in [6.07, 6.45) is 2.10. The van der Waals surface area contributed by atoms with E-state index in [1.807, 2.05) is 0 Å². The molecule has 0 aliphatic heterocycles. The van der Waals surface area contributed by atoms with Gasteiger partial charge in [0.15, 0.2) is 6.20 Å². The average Bonchev–Trinajstić information content (AvgIpc) is 3.27. The fourth-order valence-corrected chi connectivity index (χ4v) is 5.71. The molecular weight excluding hydrogens is 402 g/mol. The number of aromatic nitrogens is 1. The molecule has 2 heterocycles. The van der Waals surface area contributed by atoms with E-state index in [0.717, 1.165) is 11.2 Å². The first-order valence-electron chi connectivity index (χ1n) is 11.9. The van der Waals surface area contributed by atoms with E-state index in [0.29, 0.717) is 5.92 Å². The molecule has 1 aliphatic carbocycles. The number of nitrogens with zero attached hydrogens (tertiary/aromatic N) is 1. The second kappa shape index (κ2) is 6.81. The minimum Gasteiger partial charge on any atom is -0.454 e. The Balaban J connectivity index is 1.74. The van der Waals surface area contributed by atoms with Crippen molar-refractivity contribution in [2.45, 2.75) is 46.0 Å². The van der Waals surface area contributed by atoms with Crippen LogP contribution in [0.2, 0.25) is 0 Å². The summed E-state index contributed by atoms with van der Waals surface area (Å²) >= 11 is 0. The maximum absolute atomic E-state index is 6.85. The monoisotopic (exact) mass is 432 g/mol. The minimum atomic E-state index is -0.0437. The summed E-state index contributed by atoms with van der Waals surface area (Å²) in [4.78, 5) is 0. The molecule has 6 rings (SSSR count). The minimum absolute atomic E-state index is 0.0437. The van der Waals surface area contributed by atoms with Crippen molar-refractivity contribution in [2.24, 2.45) is 7.05 Å². The van der Waals surface area contributed by atoms with E-state index in [2.05, 4.69) is 113 Å². The fraction of sp³-hybridized carbons (Fsp3) is 0.258. The van der Waals surface area contributed by atoms with Crippen LogP contribution in [0.3, 0.4) is 0 Å². The number of furan rings is 1. The van der Waals surface area contributed by atoms with Crippen LogP contribution < -0.4 is 4.57 Å². The highest BCUT2D eigenvalue weighted by atomic mass is 16.3. The molecule has 0 atom stereocenters. The molecule has 0 amide bonds. The molecule has 0 saturated carbocycles. The van der Waals surface area contributed by atoms with Gasteiger partial charge in [-0.3, -0.25) is 0 Å². The molecule has 33 heavy (non-hydrogen) atoms. The van der Waals surface area contributed by atoms with Gasteiger partial charge in [-0.05, 0) is 46.7 Å². The van der Waals surface area contributed by atoms with Crippen LogP contribution in [0.1, 0.15) is 55.9 Å². The molecule has 0 unspecified atom stereocenters. The predicted octanol–water partition coefficient (Wildman–Crippen LogP) is 7.82. The van der Waals surface area contributed by atoms with E-state index in [4.69, 9.17) is 4.42 Å². The number of fused-ring (bicyclic) bond motifs is 7. The fourth-order valence-electron chi connectivity index (χ4n) is 5.71. The highest BCUT2D eigenvalue weighted by Gasteiger charge is 2.38. The normalized spacial score (nSPS) is 14.3. The Morgan fingerprint density at radius 1 is 0.818 bits per heavy atom. The number of hydrogen-bond donors (Lipinski definition) is 0. The molecule has 2 nitrogen and oxygen atoms in total. The Morgan fingerprint density at radius 3 is 2.24 bits per heavy atom. The van der Waals surface area contributed by atoms with Gasteiger partial charge in [-0.25, -0.2) is 4.57 Å². The molecule has 1 aliphatic rings. The molecule has 2 aromatic heterocycles. The number of pyridine rings is 1. The van der Waals surface area contributed by atoms with E-state index >= 15 is 0 Å². The van der Waals surface area contributed by atoms with Crippen LogP contribution in [0.15, 0.2) is 71.3 Å². The van der Waals surface area contributed by atoms with Gasteiger partial charge in [0.1, 0.15) is 18.2 Å². The van der Waals surface area contributed by atoms with Crippen molar-refractivity contribution in [2.75, 3.05) is 0 Å². The van der Waals surface area contributed by atoms with Crippen molar-refractivity contribution in [1.82, 2.24) is 0 Å². The van der Waals surface area contributed by atoms with Crippen LogP contribution in [0.4, 0.5) is 0 Å². The first-order chi connectivity index (χ1) is 15.8. The summed E-state index contributed by atoms with van der Waals surface area (Å²) in [6.45, 7) is 11.4. The Bertz CT molecular complexity index is 1580. The lowest BCUT2D eigenvalue weighted by Gasteiger charge is -2.21. The molecule has 0 saturated heterocycles. The van der Waals surface area contributed by atoms with Crippen molar-refractivity contribution < 1.29 is 8.98 Å². The Hall–Kier alpha value is -3.39. The molecule has 0 bridgehead atoms. The Labute approximate surface area is 195 Å². The lowest BCUT2D eigenvalue weighted by atomic mass is 9.82. The van der Waals surface area contributed by atoms with Crippen LogP contribution in [0, 0.1) is 6.92 Å². The number of benzene rings is 3. The van der Waals surface area contributed by atoms with Gasteiger partial charge in [-0.15, -0.1) is 0 Å². The van der Waals surface area contributed by atoms with Crippen molar-refractivity contribution in [1.29, 1.82) is 0 Å². The highest BCUT2D eigenvalue weighted by Crippen LogP contribution is 2.53. The quantitative estimate of drug-likeness (QED) is 0.260. The zero-order valence-electron chi connectivity index (χ0n) is 20.3. The van der Waals surface area contributed by atoms with E-state index in [-0.39, 0.29) is 5.41 Å². The van der Waals surface area contributed by atoms with Crippen molar-refractivity contribution in [3.05, 3.63) is 89.1 Å². The van der Waals surface area contributed by atoms with Gasteiger partial charge < -0.3 is 4.42 Å². The molecule has 0 spiro atoms. The summed E-state index contributed by atoms with van der Waals surface area (Å²) in [5, 5.41) is 2.38. The van der Waals surface area contributed by atoms with Crippen LogP contribution in [0.5, 0.6) is 0 Å². The summed E-state index contributed by atoms with van der Waals surface area (Å²) in [7, 11) is 2.10. The summed E-state index contributed by atoms with van der Waals surface area (Å²) in [5.74, 6) is 0.490. The van der Waals surface area contributed by atoms with Gasteiger partial charge in [0.05, 0.1) is 5.56 Å². The van der Waals surface area contributed by atoms with Gasteiger partial charge in [-0.1, -0.05) is 70.2 Å². The van der Waals surface area contributed by atoms with E-state index < -0.39 is 0 Å². The first-order valence-corrected chi connectivity index (χ1v) is 11.9. The topological polar surface area (TPSA) is 17.0 Å². The molecular formula is C31H30NO+. The lowest BCUT2D eigenvalue weighted by molar-refractivity contribution is -0.660. The Morgan fingerprint density at radius 2 is 1.52 bits per heavy atom. The van der Waals surface area contributed by atoms with Crippen molar-refractivity contribution >= 4 is 21.9 Å². The zero-order chi connectivity index (χ0) is 23.1. The standard InChI is InChI=1S/C31H30NO/c1-18(2)20-11-14-24-23(17-20)28-25(31(24,4)5)15-13-22-21-12-10-19(3)27(29(21)33-30(22)28)26-9-7-8-16-32(26)6/h7-18H,1-6H3/q+1. The smallest absolute Gasteiger partial charge is 0.216 e. The van der Waals surface area contributed by atoms with Crippen molar-refractivity contribution in [3.63, 3.8) is 0 Å². The van der Waals surface area contributed by atoms with Gasteiger partial charge in [0, 0.05) is 33.9 Å². The number of hydrogen-bond acceptors (Lipinski definition) is 1. The molecule has 3 aromatic carbocycles. The average molecular weight is 433 g/mol. The Kier molecular flexibility index (Phi) is 4.17. The first kappa shape index (κ1) is 20.2. The summed E-state index contributed by atoms with van der Waals surface area (Å²) in [5.41, 5.74) is 12.2. The van der Waals surface area contributed by atoms with Gasteiger partial charge in [-0.2, -0.15) is 0 Å². The molecule has 5 aromatic rings. The van der Waals surface area contributed by atoms with Crippen LogP contribution in [-0.4, -0.2) is 0 Å². The molecule has 164 valence electrons. The molecule has 0 N–H and O–H groups in total. The van der Waals surface area contributed by atoms with Gasteiger partial charge >= 0.3 is 0 Å². The lowest BCUT2D eigenvalue weighted by Crippen LogP contribution is -2.30. The SMILES string of the molecule is Cc1ccc2c(oc3c4c(ccc32)C(C)(C)c2ccc(C(C)C)cc2-4)c1-c1cccc[n+]1C. The second-order valence-corrected chi connectivity index (χ2v) is 10.4. The largest absolute Gasteiger partial charge is 0.454 e. The summed E-state index contributed by atoms with van der Waals surface area (Å²) in [6, 6.07) is 22.4. The molecule has 2 heteroatoms. The second-order valence-electron chi connectivity index (χ2n) is 10.4. The van der Waals surface area contributed by atoms with E-state index in [1.165, 1.54) is 55.4 Å². The molecule has 0 fully saturated rings. The highest BCUT2D eigenvalue weighted by molar-refractivity contribution is 6.14. The third-order valence-corrected chi connectivity index (χ3v) is 7.66. The van der Waals surface area contributed by atoms with Gasteiger partial charge in [0.2, 0.25) is 5.69 Å². The third-order valence-electron chi connectivity index (χ3n) is 7.66. The molecule has 0 radical (unpaired) electrons. The third kappa shape index (κ3) is 2.70. The van der Waals surface area contributed by atoms with Crippen LogP contribution in [0.25, 0.3) is 44.3 Å². The summed E-state index contributed by atoms with van der Waals surface area (Å²) < 4.78 is 9.03. The van der Waals surface area contributed by atoms with Gasteiger partial charge in [0.25, 0.3) is 0 Å². The van der Waals surface area contributed by atoms with Crippen molar-refractivity contribution in [3.8, 4) is 22.4 Å². The van der Waals surface area contributed by atoms with E-state index in [9.17, 15) is 0 Å². The van der Waals surface area contributed by atoms with Crippen LogP contribution >= 0.6 is 0 Å². The van der Waals surface area contributed by atoms with E-state index in [1.54, 1.807) is 0 Å².